The molecule has 3 aromatic rings. The first kappa shape index (κ1) is 15.4. The smallest absolute Gasteiger partial charge is 0.273 e. The number of aryl methyl sites for hydroxylation is 1. The van der Waals surface area contributed by atoms with Crippen LogP contribution in [0.1, 0.15) is 17.0 Å². The van der Waals surface area contributed by atoms with Crippen LogP contribution in [0, 0.1) is 13.8 Å². The van der Waals surface area contributed by atoms with E-state index in [1.54, 1.807) is 29.0 Å². The summed E-state index contributed by atoms with van der Waals surface area (Å²) in [6, 6.07) is 7.61. The molecular weight excluding hydrogens is 360 g/mol. The fourth-order valence-corrected chi connectivity index (χ4v) is 2.33. The van der Waals surface area contributed by atoms with Crippen LogP contribution in [0.25, 0.3) is 5.95 Å². The van der Waals surface area contributed by atoms with Gasteiger partial charge in [-0.05, 0) is 59.6 Å². The third-order valence-electron chi connectivity index (χ3n) is 3.35. The van der Waals surface area contributed by atoms with Gasteiger partial charge in [0.05, 0.1) is 29.2 Å². The molecule has 0 aliphatic heterocycles. The molecule has 0 N–H and O–H groups in total. The maximum atomic E-state index is 5.14. The third kappa shape index (κ3) is 3.02. The predicted molar refractivity (Wildman–Crippen MR) is 90.3 cm³/mol. The van der Waals surface area contributed by atoms with Crippen LogP contribution >= 0.6 is 15.9 Å². The Bertz CT molecular complexity index is 849. The van der Waals surface area contributed by atoms with E-state index in [4.69, 9.17) is 4.74 Å². The van der Waals surface area contributed by atoms with Crippen LogP contribution in [0.5, 0.6) is 5.75 Å². The highest BCUT2D eigenvalue weighted by Crippen LogP contribution is 2.22. The summed E-state index contributed by atoms with van der Waals surface area (Å²) in [7, 11) is 1.64. The Morgan fingerprint density at radius 1 is 1.22 bits per heavy atom. The largest absolute Gasteiger partial charge is 0.497 e. The zero-order valence-electron chi connectivity index (χ0n) is 12.9. The van der Waals surface area contributed by atoms with Crippen molar-refractivity contribution in [3.63, 3.8) is 0 Å². The van der Waals surface area contributed by atoms with E-state index in [9.17, 15) is 0 Å². The Balaban J connectivity index is 1.91. The van der Waals surface area contributed by atoms with Gasteiger partial charge in [-0.25, -0.2) is 4.68 Å². The number of hydrogen-bond acceptors (Lipinski definition) is 5. The lowest BCUT2D eigenvalue weighted by atomic mass is 10.2. The minimum absolute atomic E-state index is 0.529. The zero-order valence-corrected chi connectivity index (χ0v) is 14.5. The molecule has 23 heavy (non-hydrogen) atoms. The van der Waals surface area contributed by atoms with E-state index < -0.39 is 0 Å². The molecule has 1 aromatic carbocycles. The SMILES string of the molecule is COc1ccc(C=Nn2cnnc2-n2nc(C)c(Br)c2C)cc1. The van der Waals surface area contributed by atoms with Crippen LogP contribution in [0.3, 0.4) is 0 Å². The Morgan fingerprint density at radius 2 is 1.96 bits per heavy atom. The molecule has 3 rings (SSSR count). The van der Waals surface area contributed by atoms with Crippen molar-refractivity contribution < 1.29 is 4.74 Å². The van der Waals surface area contributed by atoms with Gasteiger partial charge < -0.3 is 4.74 Å². The van der Waals surface area contributed by atoms with Crippen LogP contribution in [-0.4, -0.2) is 38.0 Å². The summed E-state index contributed by atoms with van der Waals surface area (Å²) in [6.45, 7) is 3.88. The molecule has 0 atom stereocenters. The number of aromatic nitrogens is 5. The molecule has 0 spiro atoms. The monoisotopic (exact) mass is 374 g/mol. The molecule has 0 saturated carbocycles. The van der Waals surface area contributed by atoms with E-state index >= 15 is 0 Å². The third-order valence-corrected chi connectivity index (χ3v) is 4.50. The predicted octanol–water partition coefficient (Wildman–Crippen LogP) is 2.73. The topological polar surface area (TPSA) is 70.1 Å². The van der Waals surface area contributed by atoms with Gasteiger partial charge in [-0.3, -0.25) is 0 Å². The first-order chi connectivity index (χ1) is 11.1. The number of halogens is 1. The van der Waals surface area contributed by atoms with E-state index in [0.717, 1.165) is 27.2 Å². The number of benzene rings is 1. The van der Waals surface area contributed by atoms with E-state index in [0.29, 0.717) is 5.95 Å². The van der Waals surface area contributed by atoms with Crippen LogP contribution in [0.2, 0.25) is 0 Å². The first-order valence-electron chi connectivity index (χ1n) is 6.90. The average molecular weight is 375 g/mol. The van der Waals surface area contributed by atoms with Crippen molar-refractivity contribution in [1.82, 2.24) is 24.7 Å². The minimum Gasteiger partial charge on any atom is -0.497 e. The molecule has 0 saturated heterocycles. The molecule has 0 unspecified atom stereocenters. The Labute approximate surface area is 141 Å². The van der Waals surface area contributed by atoms with Gasteiger partial charge in [0, 0.05) is 0 Å². The van der Waals surface area contributed by atoms with Crippen molar-refractivity contribution in [1.29, 1.82) is 0 Å². The van der Waals surface area contributed by atoms with E-state index in [2.05, 4.69) is 36.3 Å². The lowest BCUT2D eigenvalue weighted by molar-refractivity contribution is 0.415. The normalized spacial score (nSPS) is 11.3. The van der Waals surface area contributed by atoms with Crippen molar-refractivity contribution >= 4 is 22.1 Å². The zero-order chi connectivity index (χ0) is 16.4. The van der Waals surface area contributed by atoms with Gasteiger partial charge in [0.2, 0.25) is 0 Å². The maximum Gasteiger partial charge on any atom is 0.273 e. The van der Waals surface area contributed by atoms with Gasteiger partial charge in [-0.2, -0.15) is 14.9 Å². The molecule has 118 valence electrons. The van der Waals surface area contributed by atoms with Crippen molar-refractivity contribution in [3.8, 4) is 11.7 Å². The molecular formula is C15H15BrN6O. The Morgan fingerprint density at radius 3 is 2.57 bits per heavy atom. The van der Waals surface area contributed by atoms with Crippen LogP contribution < -0.4 is 4.74 Å². The summed E-state index contributed by atoms with van der Waals surface area (Å²) in [5, 5.41) is 16.9. The summed E-state index contributed by atoms with van der Waals surface area (Å²) in [5.41, 5.74) is 2.77. The lowest BCUT2D eigenvalue weighted by Crippen LogP contribution is -2.06. The van der Waals surface area contributed by atoms with Crippen LogP contribution in [-0.2, 0) is 0 Å². The molecule has 0 fully saturated rings. The Kier molecular flexibility index (Phi) is 4.24. The number of nitrogens with zero attached hydrogens (tertiary/aromatic N) is 6. The van der Waals surface area contributed by atoms with Crippen molar-refractivity contribution in [2.45, 2.75) is 13.8 Å². The molecule has 8 heteroatoms. The summed E-state index contributed by atoms with van der Waals surface area (Å²) in [5.74, 6) is 1.33. The highest BCUT2D eigenvalue weighted by atomic mass is 79.9. The summed E-state index contributed by atoms with van der Waals surface area (Å²) >= 11 is 3.51. The van der Waals surface area contributed by atoms with Crippen LogP contribution in [0.4, 0.5) is 0 Å². The van der Waals surface area contributed by atoms with Gasteiger partial charge in [-0.15, -0.1) is 10.2 Å². The standard InChI is InChI=1S/C15H15BrN6O/c1-10-14(16)11(2)22(20-10)15-19-17-9-21(15)18-8-12-4-6-13(23-3)7-5-12/h4-9H,1-3H3. The fraction of sp³-hybridized carbons (Fsp3) is 0.200. The van der Waals surface area contributed by atoms with Gasteiger partial charge in [-0.1, -0.05) is 0 Å². The molecule has 2 heterocycles. The minimum atomic E-state index is 0.529. The van der Waals surface area contributed by atoms with Crippen molar-refractivity contribution in [3.05, 3.63) is 52.0 Å². The number of hydrogen-bond donors (Lipinski definition) is 0. The maximum absolute atomic E-state index is 5.14. The highest BCUT2D eigenvalue weighted by molar-refractivity contribution is 9.10. The molecule has 0 amide bonds. The summed E-state index contributed by atoms with van der Waals surface area (Å²) in [4.78, 5) is 0. The van der Waals surface area contributed by atoms with Crippen molar-refractivity contribution in [2.24, 2.45) is 5.10 Å². The van der Waals surface area contributed by atoms with Gasteiger partial charge in [0.25, 0.3) is 5.95 Å². The van der Waals surface area contributed by atoms with Gasteiger partial charge >= 0.3 is 0 Å². The van der Waals surface area contributed by atoms with E-state index in [1.165, 1.54) is 0 Å². The molecule has 0 aliphatic rings. The second kappa shape index (κ2) is 6.33. The molecule has 7 nitrogen and oxygen atoms in total. The Hall–Kier alpha value is -2.48. The van der Waals surface area contributed by atoms with E-state index in [1.807, 2.05) is 38.1 Å². The number of rotatable bonds is 4. The van der Waals surface area contributed by atoms with E-state index in [-0.39, 0.29) is 0 Å². The summed E-state index contributed by atoms with van der Waals surface area (Å²) in [6.07, 6.45) is 3.27. The van der Waals surface area contributed by atoms with Gasteiger partial charge in [0.1, 0.15) is 12.1 Å². The van der Waals surface area contributed by atoms with Gasteiger partial charge in [0.15, 0.2) is 0 Å². The highest BCUT2D eigenvalue weighted by Gasteiger charge is 2.14. The molecule has 0 radical (unpaired) electrons. The number of ether oxygens (including phenoxy) is 1. The molecule has 0 bridgehead atoms. The second-order valence-electron chi connectivity index (χ2n) is 4.89. The molecule has 0 aliphatic carbocycles. The second-order valence-corrected chi connectivity index (χ2v) is 5.68. The average Bonchev–Trinajstić information content (AvgIpc) is 3.13. The molecule has 2 aromatic heterocycles. The number of methoxy groups -OCH3 is 1. The fourth-order valence-electron chi connectivity index (χ4n) is 2.08. The first-order valence-corrected chi connectivity index (χ1v) is 7.70. The summed E-state index contributed by atoms with van der Waals surface area (Å²) < 4.78 is 9.37. The lowest BCUT2D eigenvalue weighted by Gasteiger charge is -2.03. The van der Waals surface area contributed by atoms with Crippen LogP contribution in [0.15, 0.2) is 40.2 Å². The van der Waals surface area contributed by atoms with Crippen molar-refractivity contribution in [2.75, 3.05) is 7.11 Å². The quantitative estimate of drug-likeness (QED) is 0.658.